The van der Waals surface area contributed by atoms with Gasteiger partial charge >= 0.3 is 5.97 Å². The van der Waals surface area contributed by atoms with Gasteiger partial charge in [-0.25, -0.2) is 9.78 Å². The number of hydrogen-bond donors (Lipinski definition) is 1. The summed E-state index contributed by atoms with van der Waals surface area (Å²) < 4.78 is 10.9. The number of hydrogen-bond acceptors (Lipinski definition) is 7. The standard InChI is InChI=1S/C21H26N4O3/c1-5-27-21(26)17-14(2)28-20-18(17)19(23-15(3)24-20)22-12-9-13-25(4)16-10-7-6-8-11-16/h6-8,10-11H,5,9,12-13H2,1-4H3,(H,22,23,24). The zero-order valence-corrected chi connectivity index (χ0v) is 16.8. The van der Waals surface area contributed by atoms with Gasteiger partial charge in [0.15, 0.2) is 0 Å². The van der Waals surface area contributed by atoms with E-state index in [4.69, 9.17) is 9.15 Å². The molecule has 7 nitrogen and oxygen atoms in total. The van der Waals surface area contributed by atoms with E-state index in [1.54, 1.807) is 20.8 Å². The van der Waals surface area contributed by atoms with Gasteiger partial charge in [0.1, 0.15) is 23.0 Å². The van der Waals surface area contributed by atoms with E-state index < -0.39 is 5.97 Å². The average molecular weight is 382 g/mol. The second kappa shape index (κ2) is 8.73. The highest BCUT2D eigenvalue weighted by Gasteiger charge is 2.24. The molecule has 2 heterocycles. The van der Waals surface area contributed by atoms with Gasteiger partial charge in [-0.3, -0.25) is 0 Å². The molecular formula is C21H26N4O3. The van der Waals surface area contributed by atoms with Gasteiger partial charge in [0.25, 0.3) is 0 Å². The third kappa shape index (κ3) is 4.24. The number of carbonyl (C=O) groups is 1. The Kier molecular flexibility index (Phi) is 6.13. The van der Waals surface area contributed by atoms with E-state index in [-0.39, 0.29) is 0 Å². The first-order chi connectivity index (χ1) is 13.5. The molecule has 0 aliphatic heterocycles. The summed E-state index contributed by atoms with van der Waals surface area (Å²) in [5, 5.41) is 3.92. The Morgan fingerprint density at radius 2 is 1.96 bits per heavy atom. The third-order valence-electron chi connectivity index (χ3n) is 4.48. The minimum Gasteiger partial charge on any atom is -0.462 e. The Labute approximate surface area is 164 Å². The van der Waals surface area contributed by atoms with Gasteiger partial charge in [-0.2, -0.15) is 4.98 Å². The van der Waals surface area contributed by atoms with Crippen molar-refractivity contribution >= 4 is 28.6 Å². The Bertz CT molecular complexity index is 953. The number of para-hydroxylation sites is 1. The van der Waals surface area contributed by atoms with Crippen LogP contribution in [0.1, 0.15) is 35.3 Å². The van der Waals surface area contributed by atoms with E-state index >= 15 is 0 Å². The largest absolute Gasteiger partial charge is 0.462 e. The Balaban J connectivity index is 1.74. The lowest BCUT2D eigenvalue weighted by atomic mass is 10.2. The van der Waals surface area contributed by atoms with Crippen molar-refractivity contribution in [2.24, 2.45) is 0 Å². The topological polar surface area (TPSA) is 80.5 Å². The van der Waals surface area contributed by atoms with E-state index in [0.29, 0.717) is 47.2 Å². The molecule has 0 radical (unpaired) electrons. The predicted molar refractivity (Wildman–Crippen MR) is 110 cm³/mol. The lowest BCUT2D eigenvalue weighted by molar-refractivity contribution is 0.0526. The third-order valence-corrected chi connectivity index (χ3v) is 4.48. The van der Waals surface area contributed by atoms with Crippen LogP contribution in [-0.2, 0) is 4.74 Å². The fourth-order valence-electron chi connectivity index (χ4n) is 3.13. The van der Waals surface area contributed by atoms with Crippen LogP contribution in [0.25, 0.3) is 11.1 Å². The number of fused-ring (bicyclic) bond motifs is 1. The number of benzene rings is 1. The van der Waals surface area contributed by atoms with Gasteiger partial charge in [0, 0.05) is 25.8 Å². The lowest BCUT2D eigenvalue weighted by Gasteiger charge is -2.19. The van der Waals surface area contributed by atoms with E-state index in [0.717, 1.165) is 13.0 Å². The molecule has 0 aliphatic rings. The number of nitrogens with one attached hydrogen (secondary N) is 1. The first kappa shape index (κ1) is 19.7. The predicted octanol–water partition coefficient (Wildman–Crippen LogP) is 3.95. The maximum absolute atomic E-state index is 12.4. The van der Waals surface area contributed by atoms with E-state index in [9.17, 15) is 4.79 Å². The van der Waals surface area contributed by atoms with Gasteiger partial charge < -0.3 is 19.4 Å². The van der Waals surface area contributed by atoms with Crippen molar-refractivity contribution in [1.82, 2.24) is 9.97 Å². The average Bonchev–Trinajstić information content (AvgIpc) is 3.01. The number of rotatable bonds is 8. The Morgan fingerprint density at radius 1 is 1.21 bits per heavy atom. The molecule has 0 atom stereocenters. The van der Waals surface area contributed by atoms with Crippen molar-refractivity contribution in [1.29, 1.82) is 0 Å². The molecule has 1 aromatic carbocycles. The van der Waals surface area contributed by atoms with Crippen molar-refractivity contribution in [3.63, 3.8) is 0 Å². The molecule has 0 fully saturated rings. The minimum atomic E-state index is -0.418. The Hall–Kier alpha value is -3.09. The summed E-state index contributed by atoms with van der Waals surface area (Å²) in [7, 11) is 2.07. The second-order valence-electron chi connectivity index (χ2n) is 6.59. The molecule has 0 bridgehead atoms. The molecular weight excluding hydrogens is 356 g/mol. The van der Waals surface area contributed by atoms with Crippen LogP contribution < -0.4 is 10.2 Å². The van der Waals surface area contributed by atoms with Crippen LogP contribution in [0.3, 0.4) is 0 Å². The number of ether oxygens (including phenoxy) is 1. The van der Waals surface area contributed by atoms with Crippen LogP contribution >= 0.6 is 0 Å². The quantitative estimate of drug-likeness (QED) is 0.466. The molecule has 0 saturated heterocycles. The first-order valence-corrected chi connectivity index (χ1v) is 9.46. The molecule has 0 amide bonds. The summed E-state index contributed by atoms with van der Waals surface area (Å²) in [6.07, 6.45) is 0.904. The van der Waals surface area contributed by atoms with Crippen LogP contribution in [0.2, 0.25) is 0 Å². The van der Waals surface area contributed by atoms with E-state index in [1.165, 1.54) is 5.69 Å². The van der Waals surface area contributed by atoms with Crippen molar-refractivity contribution < 1.29 is 13.9 Å². The normalized spacial score (nSPS) is 10.9. The highest BCUT2D eigenvalue weighted by molar-refractivity contribution is 6.07. The lowest BCUT2D eigenvalue weighted by Crippen LogP contribution is -2.21. The summed E-state index contributed by atoms with van der Waals surface area (Å²) in [5.41, 5.74) is 1.97. The summed E-state index contributed by atoms with van der Waals surface area (Å²) in [6, 6.07) is 10.2. The van der Waals surface area contributed by atoms with Crippen LogP contribution in [0.5, 0.6) is 0 Å². The first-order valence-electron chi connectivity index (χ1n) is 9.46. The molecule has 3 aromatic rings. The van der Waals surface area contributed by atoms with Gasteiger partial charge in [-0.15, -0.1) is 0 Å². The molecule has 148 valence electrons. The smallest absolute Gasteiger partial charge is 0.342 e. The maximum atomic E-state index is 12.4. The molecule has 1 N–H and O–H groups in total. The molecule has 7 heteroatoms. The summed E-state index contributed by atoms with van der Waals surface area (Å²) in [6.45, 7) is 7.21. The van der Waals surface area contributed by atoms with Gasteiger partial charge in [-0.05, 0) is 39.3 Å². The number of furan rings is 1. The SMILES string of the molecule is CCOC(=O)c1c(C)oc2nc(C)nc(NCCCN(C)c3ccccc3)c12. The molecule has 0 spiro atoms. The molecule has 3 rings (SSSR count). The summed E-state index contributed by atoms with van der Waals surface area (Å²) >= 11 is 0. The Morgan fingerprint density at radius 3 is 2.68 bits per heavy atom. The zero-order chi connectivity index (χ0) is 20.1. The highest BCUT2D eigenvalue weighted by atomic mass is 16.5. The number of aromatic nitrogens is 2. The van der Waals surface area contributed by atoms with Crippen LogP contribution in [0.4, 0.5) is 11.5 Å². The monoisotopic (exact) mass is 382 g/mol. The fourth-order valence-corrected chi connectivity index (χ4v) is 3.13. The number of nitrogens with zero attached hydrogens (tertiary/aromatic N) is 3. The molecule has 0 aliphatic carbocycles. The van der Waals surface area contributed by atoms with Crippen molar-refractivity contribution in [2.45, 2.75) is 27.2 Å². The van der Waals surface area contributed by atoms with Crippen molar-refractivity contribution in [2.75, 3.05) is 37.0 Å². The number of aryl methyl sites for hydroxylation is 2. The zero-order valence-electron chi connectivity index (χ0n) is 16.8. The number of anilines is 2. The molecule has 0 unspecified atom stereocenters. The van der Waals surface area contributed by atoms with Gasteiger partial charge in [0.2, 0.25) is 5.71 Å². The second-order valence-corrected chi connectivity index (χ2v) is 6.59. The summed E-state index contributed by atoms with van der Waals surface area (Å²) in [4.78, 5) is 23.4. The van der Waals surface area contributed by atoms with Crippen LogP contribution in [0.15, 0.2) is 34.7 Å². The summed E-state index contributed by atoms with van der Waals surface area (Å²) in [5.74, 6) is 1.25. The molecule has 28 heavy (non-hydrogen) atoms. The van der Waals surface area contributed by atoms with Crippen LogP contribution in [-0.4, -0.2) is 42.7 Å². The van der Waals surface area contributed by atoms with Crippen LogP contribution in [0, 0.1) is 13.8 Å². The molecule has 0 saturated carbocycles. The highest BCUT2D eigenvalue weighted by Crippen LogP contribution is 2.30. The van der Waals surface area contributed by atoms with E-state index in [1.807, 2.05) is 18.2 Å². The van der Waals surface area contributed by atoms with Crippen molar-refractivity contribution in [3.05, 3.63) is 47.5 Å². The van der Waals surface area contributed by atoms with Crippen molar-refractivity contribution in [3.8, 4) is 0 Å². The van der Waals surface area contributed by atoms with Gasteiger partial charge in [0.05, 0.1) is 12.0 Å². The fraction of sp³-hybridized carbons (Fsp3) is 0.381. The number of carbonyl (C=O) groups excluding carboxylic acids is 1. The van der Waals surface area contributed by atoms with E-state index in [2.05, 4.69) is 39.4 Å². The minimum absolute atomic E-state index is 0.298. The maximum Gasteiger partial charge on any atom is 0.342 e. The molecule has 2 aromatic heterocycles. The number of esters is 1. The van der Waals surface area contributed by atoms with Gasteiger partial charge in [-0.1, -0.05) is 18.2 Å².